The lowest BCUT2D eigenvalue weighted by molar-refractivity contribution is 0.0972. The van der Waals surface area contributed by atoms with E-state index in [0.717, 1.165) is 0 Å². The van der Waals surface area contributed by atoms with Crippen molar-refractivity contribution >= 4 is 22.5 Å². The van der Waals surface area contributed by atoms with Gasteiger partial charge in [0.1, 0.15) is 23.7 Å². The summed E-state index contributed by atoms with van der Waals surface area (Å²) in [6.07, 6.45) is 0. The molecule has 0 saturated carbocycles. The number of amides is 1. The molecule has 1 aliphatic rings. The Labute approximate surface area is 143 Å². The smallest absolute Gasteiger partial charge is 0.267 e. The number of carbonyl (C=O) groups is 1. The SMILES string of the molecule is Cn1c(=O)c(C(=O)N2CCOc3ccccc32)c(O)c2ccccc21. The molecule has 0 unspecified atom stereocenters. The highest BCUT2D eigenvalue weighted by Gasteiger charge is 2.29. The van der Waals surface area contributed by atoms with Crippen LogP contribution in [0.5, 0.6) is 11.5 Å². The second-order valence-corrected chi connectivity index (χ2v) is 5.88. The van der Waals surface area contributed by atoms with Crippen molar-refractivity contribution in [3.05, 3.63) is 64.4 Å². The van der Waals surface area contributed by atoms with Gasteiger partial charge in [0.05, 0.1) is 17.7 Å². The van der Waals surface area contributed by atoms with Gasteiger partial charge in [-0.3, -0.25) is 9.59 Å². The minimum Gasteiger partial charge on any atom is -0.506 e. The van der Waals surface area contributed by atoms with Crippen LogP contribution in [0.4, 0.5) is 5.69 Å². The first kappa shape index (κ1) is 15.3. The number of benzene rings is 2. The third kappa shape index (κ3) is 2.26. The summed E-state index contributed by atoms with van der Waals surface area (Å²) in [5, 5.41) is 11.1. The summed E-state index contributed by atoms with van der Waals surface area (Å²) in [5.41, 5.74) is 0.417. The Balaban J connectivity index is 1.92. The van der Waals surface area contributed by atoms with E-state index in [1.165, 1.54) is 9.47 Å². The third-order valence-electron chi connectivity index (χ3n) is 4.46. The maximum Gasteiger partial charge on any atom is 0.267 e. The van der Waals surface area contributed by atoms with Crippen molar-refractivity contribution in [2.75, 3.05) is 18.1 Å². The van der Waals surface area contributed by atoms with Gasteiger partial charge in [-0.05, 0) is 24.3 Å². The molecule has 1 aromatic heterocycles. The van der Waals surface area contributed by atoms with Crippen molar-refractivity contribution in [2.24, 2.45) is 7.05 Å². The van der Waals surface area contributed by atoms with E-state index in [2.05, 4.69) is 0 Å². The van der Waals surface area contributed by atoms with Crippen molar-refractivity contribution in [2.45, 2.75) is 0 Å². The van der Waals surface area contributed by atoms with E-state index >= 15 is 0 Å². The molecule has 6 nitrogen and oxygen atoms in total. The summed E-state index contributed by atoms with van der Waals surface area (Å²) in [5.74, 6) is -0.230. The van der Waals surface area contributed by atoms with Crippen LogP contribution in [0, 0.1) is 0 Å². The second-order valence-electron chi connectivity index (χ2n) is 5.88. The van der Waals surface area contributed by atoms with Gasteiger partial charge in [-0.15, -0.1) is 0 Å². The number of aromatic hydroxyl groups is 1. The Morgan fingerprint density at radius 2 is 1.84 bits per heavy atom. The molecule has 25 heavy (non-hydrogen) atoms. The summed E-state index contributed by atoms with van der Waals surface area (Å²) in [7, 11) is 1.59. The average Bonchev–Trinajstić information content (AvgIpc) is 2.66. The van der Waals surface area contributed by atoms with Gasteiger partial charge < -0.3 is 19.3 Å². The maximum atomic E-state index is 13.1. The zero-order valence-electron chi connectivity index (χ0n) is 13.6. The summed E-state index contributed by atoms with van der Waals surface area (Å²) in [6, 6.07) is 14.1. The highest BCUT2D eigenvalue weighted by molar-refractivity contribution is 6.11. The lowest BCUT2D eigenvalue weighted by atomic mass is 10.1. The number of hydrogen-bond donors (Lipinski definition) is 1. The van der Waals surface area contributed by atoms with Crippen LogP contribution >= 0.6 is 0 Å². The molecule has 4 rings (SSSR count). The maximum absolute atomic E-state index is 13.1. The van der Waals surface area contributed by atoms with Crippen molar-refractivity contribution in [3.63, 3.8) is 0 Å². The number of fused-ring (bicyclic) bond motifs is 2. The van der Waals surface area contributed by atoms with Gasteiger partial charge in [-0.1, -0.05) is 24.3 Å². The van der Waals surface area contributed by atoms with Crippen LogP contribution in [0.1, 0.15) is 10.4 Å². The fourth-order valence-electron chi connectivity index (χ4n) is 3.19. The average molecular weight is 336 g/mol. The topological polar surface area (TPSA) is 71.8 Å². The van der Waals surface area contributed by atoms with E-state index in [4.69, 9.17) is 4.74 Å². The molecule has 0 radical (unpaired) electrons. The number of aromatic nitrogens is 1. The minimum atomic E-state index is -0.528. The molecule has 2 aromatic carbocycles. The number of ether oxygens (including phenoxy) is 1. The first-order chi connectivity index (χ1) is 12.1. The Morgan fingerprint density at radius 1 is 1.12 bits per heavy atom. The largest absolute Gasteiger partial charge is 0.506 e. The van der Waals surface area contributed by atoms with E-state index in [1.54, 1.807) is 49.5 Å². The van der Waals surface area contributed by atoms with Crippen LogP contribution in [0.15, 0.2) is 53.3 Å². The molecule has 126 valence electrons. The van der Waals surface area contributed by atoms with Gasteiger partial charge in [0.15, 0.2) is 0 Å². The molecule has 2 heterocycles. The molecule has 1 amide bonds. The Kier molecular flexibility index (Phi) is 3.46. The van der Waals surface area contributed by atoms with Crippen molar-refractivity contribution < 1.29 is 14.6 Å². The van der Waals surface area contributed by atoms with E-state index in [1.807, 2.05) is 6.07 Å². The quantitative estimate of drug-likeness (QED) is 0.740. The van der Waals surface area contributed by atoms with Gasteiger partial charge in [-0.2, -0.15) is 0 Å². The minimum absolute atomic E-state index is 0.224. The van der Waals surface area contributed by atoms with Gasteiger partial charge in [0.2, 0.25) is 0 Å². The predicted octanol–water partition coefficient (Wildman–Crippen LogP) is 2.28. The first-order valence-corrected chi connectivity index (χ1v) is 7.94. The highest BCUT2D eigenvalue weighted by Crippen LogP contribution is 2.33. The van der Waals surface area contributed by atoms with Gasteiger partial charge >= 0.3 is 0 Å². The molecule has 3 aromatic rings. The lowest BCUT2D eigenvalue weighted by Gasteiger charge is -2.29. The van der Waals surface area contributed by atoms with Crippen LogP contribution in [0.2, 0.25) is 0 Å². The van der Waals surface area contributed by atoms with Gasteiger partial charge in [-0.25, -0.2) is 0 Å². The van der Waals surface area contributed by atoms with Crippen LogP contribution in [0.25, 0.3) is 10.9 Å². The van der Waals surface area contributed by atoms with Crippen LogP contribution in [-0.4, -0.2) is 28.7 Å². The molecule has 1 N–H and O–H groups in total. The number of para-hydroxylation sites is 3. The van der Waals surface area contributed by atoms with Crippen LogP contribution < -0.4 is 15.2 Å². The molecular weight excluding hydrogens is 320 g/mol. The molecule has 0 fully saturated rings. The fraction of sp³-hybridized carbons (Fsp3) is 0.158. The zero-order chi connectivity index (χ0) is 17.6. The van der Waals surface area contributed by atoms with E-state index in [0.29, 0.717) is 35.5 Å². The van der Waals surface area contributed by atoms with E-state index in [-0.39, 0.29) is 11.3 Å². The number of rotatable bonds is 1. The number of anilines is 1. The molecule has 1 aliphatic heterocycles. The zero-order valence-corrected chi connectivity index (χ0v) is 13.6. The Bertz CT molecular complexity index is 1050. The highest BCUT2D eigenvalue weighted by atomic mass is 16.5. The Morgan fingerprint density at radius 3 is 2.68 bits per heavy atom. The fourth-order valence-corrected chi connectivity index (χ4v) is 3.19. The molecule has 0 aliphatic carbocycles. The molecule has 0 bridgehead atoms. The summed E-state index contributed by atoms with van der Waals surface area (Å²) < 4.78 is 6.94. The van der Waals surface area contributed by atoms with Gasteiger partial charge in [0, 0.05) is 12.4 Å². The summed E-state index contributed by atoms with van der Waals surface area (Å²) in [4.78, 5) is 27.3. The van der Waals surface area contributed by atoms with Crippen LogP contribution in [0.3, 0.4) is 0 Å². The number of aryl methyl sites for hydroxylation is 1. The van der Waals surface area contributed by atoms with Crippen LogP contribution in [-0.2, 0) is 7.05 Å². The Hall–Kier alpha value is -3.28. The van der Waals surface area contributed by atoms with Crippen molar-refractivity contribution in [1.82, 2.24) is 4.57 Å². The lowest BCUT2D eigenvalue weighted by Crippen LogP contribution is -2.41. The van der Waals surface area contributed by atoms with E-state index in [9.17, 15) is 14.7 Å². The summed E-state index contributed by atoms with van der Waals surface area (Å²) >= 11 is 0. The normalized spacial score (nSPS) is 13.4. The second kappa shape index (κ2) is 5.66. The van der Waals surface area contributed by atoms with E-state index < -0.39 is 11.5 Å². The number of hydrogen-bond acceptors (Lipinski definition) is 4. The van der Waals surface area contributed by atoms with Gasteiger partial charge in [0.25, 0.3) is 11.5 Å². The molecule has 0 spiro atoms. The van der Waals surface area contributed by atoms with Crippen molar-refractivity contribution in [3.8, 4) is 11.5 Å². The standard InChI is InChI=1S/C19H16N2O4/c1-20-13-7-3-2-6-12(13)17(22)16(18(20)23)19(24)21-10-11-25-15-9-5-4-8-14(15)21/h2-9,22H,10-11H2,1H3. The number of nitrogens with zero attached hydrogens (tertiary/aromatic N) is 2. The van der Waals surface area contributed by atoms with Crippen molar-refractivity contribution in [1.29, 1.82) is 0 Å². The molecule has 0 saturated heterocycles. The monoisotopic (exact) mass is 336 g/mol. The first-order valence-electron chi connectivity index (χ1n) is 7.94. The third-order valence-corrected chi connectivity index (χ3v) is 4.46. The summed E-state index contributed by atoms with van der Waals surface area (Å²) in [6.45, 7) is 0.642. The molecular formula is C19H16N2O4. The number of pyridine rings is 1. The molecule has 0 atom stereocenters. The molecule has 6 heteroatoms. The predicted molar refractivity (Wildman–Crippen MR) is 94.5 cm³/mol. The number of carbonyl (C=O) groups excluding carboxylic acids is 1.